The third-order valence-corrected chi connectivity index (χ3v) is 4.22. The van der Waals surface area contributed by atoms with E-state index < -0.39 is 0 Å². The van der Waals surface area contributed by atoms with Crippen LogP contribution in [0.2, 0.25) is 0 Å². The van der Waals surface area contributed by atoms with Crippen molar-refractivity contribution in [3.05, 3.63) is 23.8 Å². The van der Waals surface area contributed by atoms with Crippen LogP contribution in [-0.2, 0) is 0 Å². The highest BCUT2D eigenvalue weighted by molar-refractivity contribution is 5.96. The summed E-state index contributed by atoms with van der Waals surface area (Å²) in [5.74, 6) is 0.648. The van der Waals surface area contributed by atoms with Crippen molar-refractivity contribution in [2.75, 3.05) is 23.7 Å². The first-order chi connectivity index (χ1) is 9.24. The molecule has 0 bridgehead atoms. The number of amides is 1. The van der Waals surface area contributed by atoms with Gasteiger partial charge in [-0.15, -0.1) is 0 Å². The highest BCUT2D eigenvalue weighted by Crippen LogP contribution is 2.27. The molecule has 19 heavy (non-hydrogen) atoms. The number of benzene rings is 1. The zero-order valence-electron chi connectivity index (χ0n) is 11.3. The van der Waals surface area contributed by atoms with E-state index >= 15 is 0 Å². The lowest BCUT2D eigenvalue weighted by Crippen LogP contribution is -2.36. The van der Waals surface area contributed by atoms with Gasteiger partial charge in [0.05, 0.1) is 11.4 Å². The summed E-state index contributed by atoms with van der Waals surface area (Å²) in [7, 11) is 0. The van der Waals surface area contributed by atoms with Crippen LogP contribution in [0.25, 0.3) is 0 Å². The Hall–Kier alpha value is -1.71. The van der Waals surface area contributed by atoms with Crippen LogP contribution in [0.3, 0.4) is 0 Å². The first kappa shape index (κ1) is 12.3. The number of nitrogens with one attached hydrogen (secondary N) is 3. The van der Waals surface area contributed by atoms with Crippen LogP contribution < -0.4 is 16.0 Å². The molecule has 2 unspecified atom stereocenters. The Bertz CT molecular complexity index is 486. The molecule has 0 saturated heterocycles. The fraction of sp³-hybridized carbons (Fsp3) is 0.533. The monoisotopic (exact) mass is 259 g/mol. The predicted molar refractivity (Wildman–Crippen MR) is 77.7 cm³/mol. The molecule has 102 valence electrons. The minimum Gasteiger partial charge on any atom is -0.382 e. The fourth-order valence-electron chi connectivity index (χ4n) is 2.99. The van der Waals surface area contributed by atoms with Crippen LogP contribution in [0.1, 0.15) is 36.5 Å². The van der Waals surface area contributed by atoms with Gasteiger partial charge in [0.25, 0.3) is 5.91 Å². The van der Waals surface area contributed by atoms with Gasteiger partial charge >= 0.3 is 0 Å². The van der Waals surface area contributed by atoms with Crippen LogP contribution in [0.5, 0.6) is 0 Å². The van der Waals surface area contributed by atoms with Gasteiger partial charge in [0.1, 0.15) is 0 Å². The van der Waals surface area contributed by atoms with E-state index in [4.69, 9.17) is 0 Å². The zero-order valence-corrected chi connectivity index (χ0v) is 11.3. The average molecular weight is 259 g/mol. The van der Waals surface area contributed by atoms with E-state index in [2.05, 4.69) is 22.9 Å². The fourth-order valence-corrected chi connectivity index (χ4v) is 2.99. The topological polar surface area (TPSA) is 53.2 Å². The summed E-state index contributed by atoms with van der Waals surface area (Å²) in [6, 6.07) is 6.16. The number of hydrogen-bond donors (Lipinski definition) is 3. The summed E-state index contributed by atoms with van der Waals surface area (Å²) in [4.78, 5) is 12.3. The third-order valence-electron chi connectivity index (χ3n) is 4.22. The van der Waals surface area contributed by atoms with Crippen molar-refractivity contribution < 1.29 is 4.79 Å². The molecule has 2 aliphatic rings. The Morgan fingerprint density at radius 3 is 2.74 bits per heavy atom. The highest BCUT2D eigenvalue weighted by atomic mass is 16.1. The van der Waals surface area contributed by atoms with Gasteiger partial charge in [-0.1, -0.05) is 13.3 Å². The molecule has 1 aliphatic carbocycles. The van der Waals surface area contributed by atoms with Gasteiger partial charge in [0, 0.05) is 24.7 Å². The van der Waals surface area contributed by atoms with E-state index in [1.54, 1.807) is 0 Å². The molecule has 4 nitrogen and oxygen atoms in total. The standard InChI is InChI=1S/C15H21N3O/c1-10-3-2-4-12(10)18-15(19)11-5-6-13-14(9-11)17-8-7-16-13/h5-6,9-10,12,16-17H,2-4,7-8H2,1H3,(H,18,19). The maximum absolute atomic E-state index is 12.3. The van der Waals surface area contributed by atoms with Gasteiger partial charge in [-0.3, -0.25) is 4.79 Å². The lowest BCUT2D eigenvalue weighted by Gasteiger charge is -2.21. The molecule has 3 N–H and O–H groups in total. The van der Waals surface area contributed by atoms with Gasteiger partial charge < -0.3 is 16.0 Å². The second-order valence-corrected chi connectivity index (χ2v) is 5.60. The molecule has 1 amide bonds. The van der Waals surface area contributed by atoms with Crippen molar-refractivity contribution in [1.29, 1.82) is 0 Å². The minimum atomic E-state index is 0.0499. The lowest BCUT2D eigenvalue weighted by atomic mass is 10.1. The molecular formula is C15H21N3O. The molecule has 0 radical (unpaired) electrons. The first-order valence-corrected chi connectivity index (χ1v) is 7.17. The number of carbonyl (C=O) groups is 1. The third kappa shape index (κ3) is 2.53. The molecular weight excluding hydrogens is 238 g/mol. The maximum Gasteiger partial charge on any atom is 0.251 e. The molecule has 2 atom stereocenters. The summed E-state index contributed by atoms with van der Waals surface area (Å²) in [5, 5.41) is 9.80. The number of carbonyl (C=O) groups excluding carboxylic acids is 1. The van der Waals surface area contributed by atoms with Crippen molar-refractivity contribution in [2.45, 2.75) is 32.2 Å². The molecule has 0 spiro atoms. The summed E-state index contributed by atoms with van der Waals surface area (Å²) >= 11 is 0. The number of hydrogen-bond acceptors (Lipinski definition) is 3. The van der Waals surface area contributed by atoms with Crippen molar-refractivity contribution in [3.8, 4) is 0 Å². The largest absolute Gasteiger partial charge is 0.382 e. The van der Waals surface area contributed by atoms with Crippen LogP contribution >= 0.6 is 0 Å². The average Bonchev–Trinajstić information content (AvgIpc) is 2.84. The first-order valence-electron chi connectivity index (χ1n) is 7.17. The summed E-state index contributed by atoms with van der Waals surface area (Å²) < 4.78 is 0. The normalized spacial score (nSPS) is 25.1. The SMILES string of the molecule is CC1CCCC1NC(=O)c1ccc2c(c1)NCCN2. The molecule has 1 fully saturated rings. The van der Waals surface area contributed by atoms with Crippen molar-refractivity contribution >= 4 is 17.3 Å². The van der Waals surface area contributed by atoms with E-state index in [0.717, 1.165) is 36.4 Å². The van der Waals surface area contributed by atoms with E-state index in [1.807, 2.05) is 18.2 Å². The Labute approximate surface area is 114 Å². The van der Waals surface area contributed by atoms with E-state index in [0.29, 0.717) is 12.0 Å². The Morgan fingerprint density at radius 1 is 1.21 bits per heavy atom. The highest BCUT2D eigenvalue weighted by Gasteiger charge is 2.25. The van der Waals surface area contributed by atoms with Gasteiger partial charge in [0.15, 0.2) is 0 Å². The summed E-state index contributed by atoms with van der Waals surface area (Å²) in [6.07, 6.45) is 3.56. The van der Waals surface area contributed by atoms with E-state index in [1.165, 1.54) is 12.8 Å². The van der Waals surface area contributed by atoms with Gasteiger partial charge in [-0.05, 0) is 37.0 Å². The Kier molecular flexibility index (Phi) is 3.32. The minimum absolute atomic E-state index is 0.0499. The Morgan fingerprint density at radius 2 is 2.00 bits per heavy atom. The maximum atomic E-state index is 12.3. The molecule has 1 saturated carbocycles. The van der Waals surface area contributed by atoms with E-state index in [-0.39, 0.29) is 5.91 Å². The van der Waals surface area contributed by atoms with Gasteiger partial charge in [-0.2, -0.15) is 0 Å². The molecule has 1 aromatic carbocycles. The van der Waals surface area contributed by atoms with Crippen LogP contribution in [0.15, 0.2) is 18.2 Å². The molecule has 0 aromatic heterocycles. The van der Waals surface area contributed by atoms with E-state index in [9.17, 15) is 4.79 Å². The summed E-state index contributed by atoms with van der Waals surface area (Å²) in [6.45, 7) is 4.05. The van der Waals surface area contributed by atoms with Crippen LogP contribution in [0, 0.1) is 5.92 Å². The predicted octanol–water partition coefficient (Wildman–Crippen LogP) is 2.44. The molecule has 1 aromatic rings. The van der Waals surface area contributed by atoms with Crippen molar-refractivity contribution in [1.82, 2.24) is 5.32 Å². The second kappa shape index (κ2) is 5.11. The number of rotatable bonds is 2. The smallest absolute Gasteiger partial charge is 0.251 e. The zero-order chi connectivity index (χ0) is 13.2. The lowest BCUT2D eigenvalue weighted by molar-refractivity contribution is 0.0929. The summed E-state index contributed by atoms with van der Waals surface area (Å²) in [5.41, 5.74) is 2.85. The van der Waals surface area contributed by atoms with Crippen LogP contribution in [0.4, 0.5) is 11.4 Å². The number of anilines is 2. The van der Waals surface area contributed by atoms with Gasteiger partial charge in [-0.25, -0.2) is 0 Å². The molecule has 3 rings (SSSR count). The molecule has 4 heteroatoms. The number of fused-ring (bicyclic) bond motifs is 1. The van der Waals surface area contributed by atoms with Crippen molar-refractivity contribution in [3.63, 3.8) is 0 Å². The Balaban J connectivity index is 1.72. The molecule has 1 heterocycles. The van der Waals surface area contributed by atoms with Crippen LogP contribution in [-0.4, -0.2) is 25.0 Å². The second-order valence-electron chi connectivity index (χ2n) is 5.60. The molecule has 1 aliphatic heterocycles. The quantitative estimate of drug-likeness (QED) is 0.764. The van der Waals surface area contributed by atoms with Crippen molar-refractivity contribution in [2.24, 2.45) is 5.92 Å². The van der Waals surface area contributed by atoms with Gasteiger partial charge in [0.2, 0.25) is 0 Å².